The third-order valence-corrected chi connectivity index (χ3v) is 3.59. The number of fused-ring (bicyclic) bond motifs is 1. The lowest BCUT2D eigenvalue weighted by atomic mass is 10.1. The van der Waals surface area contributed by atoms with Crippen LogP contribution in [-0.4, -0.2) is 20.6 Å². The van der Waals surface area contributed by atoms with Crippen LogP contribution in [0.25, 0.3) is 10.9 Å². The molecule has 2 heterocycles. The fourth-order valence-electron chi connectivity index (χ4n) is 2.47. The molecule has 0 spiro atoms. The Bertz CT molecular complexity index is 951. The van der Waals surface area contributed by atoms with E-state index >= 15 is 0 Å². The van der Waals surface area contributed by atoms with E-state index in [0.717, 1.165) is 27.6 Å². The number of carbonyl (C=O) groups excluding carboxylic acids is 1. The van der Waals surface area contributed by atoms with Gasteiger partial charge in [-0.2, -0.15) is 0 Å². The summed E-state index contributed by atoms with van der Waals surface area (Å²) in [7, 11) is 0. The van der Waals surface area contributed by atoms with Crippen molar-refractivity contribution in [1.82, 2.24) is 14.6 Å². The van der Waals surface area contributed by atoms with E-state index < -0.39 is 11.2 Å². The lowest BCUT2D eigenvalue weighted by molar-refractivity contribution is -0.117. The van der Waals surface area contributed by atoms with Crippen molar-refractivity contribution in [2.45, 2.75) is 19.3 Å². The molecular weight excluding hydrogens is 296 g/mol. The molecule has 3 aromatic rings. The maximum absolute atomic E-state index is 11.9. The molecule has 3 N–H and O–H groups in total. The molecule has 0 aliphatic heterocycles. The van der Waals surface area contributed by atoms with E-state index in [4.69, 9.17) is 0 Å². The standard InChI is InChI=1S/C16H16N4O3/c21-14-8-9-20(16(23)18-14)19-15(22)7-3-4-11-10-17-13-6-2-1-5-12(11)13/h1-2,5-6,8-10,17H,3-4,7H2,(H,19,22)(H,18,21,23). The number of nitrogens with zero attached hydrogens (tertiary/aromatic N) is 1. The van der Waals surface area contributed by atoms with Gasteiger partial charge in [-0.1, -0.05) is 18.2 Å². The van der Waals surface area contributed by atoms with Crippen molar-refractivity contribution in [3.63, 3.8) is 0 Å². The molecule has 0 bridgehead atoms. The number of nitrogens with one attached hydrogen (secondary N) is 3. The van der Waals surface area contributed by atoms with Gasteiger partial charge in [-0.3, -0.25) is 20.0 Å². The lowest BCUT2D eigenvalue weighted by Gasteiger charge is -2.06. The van der Waals surface area contributed by atoms with E-state index in [2.05, 4.69) is 15.4 Å². The van der Waals surface area contributed by atoms with Gasteiger partial charge in [-0.05, 0) is 24.5 Å². The molecule has 0 unspecified atom stereocenters. The third-order valence-electron chi connectivity index (χ3n) is 3.59. The summed E-state index contributed by atoms with van der Waals surface area (Å²) in [6, 6.07) is 9.18. The summed E-state index contributed by atoms with van der Waals surface area (Å²) >= 11 is 0. The zero-order valence-electron chi connectivity index (χ0n) is 12.3. The second kappa shape index (κ2) is 6.35. The Morgan fingerprint density at radius 3 is 2.83 bits per heavy atom. The molecule has 1 aromatic carbocycles. The van der Waals surface area contributed by atoms with Crippen LogP contribution in [0.5, 0.6) is 0 Å². The van der Waals surface area contributed by atoms with Crippen LogP contribution < -0.4 is 16.7 Å². The average molecular weight is 312 g/mol. The molecule has 0 atom stereocenters. The van der Waals surface area contributed by atoms with E-state index in [-0.39, 0.29) is 12.3 Å². The number of aromatic nitrogens is 3. The SMILES string of the molecule is O=C(CCCc1c[nH]c2ccccc12)Nn1ccc(=O)[nH]c1=O. The number of amides is 1. The average Bonchev–Trinajstić information content (AvgIpc) is 2.94. The van der Waals surface area contributed by atoms with Crippen molar-refractivity contribution in [1.29, 1.82) is 0 Å². The van der Waals surface area contributed by atoms with Crippen LogP contribution in [0.4, 0.5) is 0 Å². The molecule has 23 heavy (non-hydrogen) atoms. The van der Waals surface area contributed by atoms with Crippen LogP contribution in [0, 0.1) is 0 Å². The smallest absolute Gasteiger partial charge is 0.347 e. The van der Waals surface area contributed by atoms with Gasteiger partial charge in [-0.25, -0.2) is 9.47 Å². The van der Waals surface area contributed by atoms with E-state index in [1.165, 1.54) is 12.3 Å². The van der Waals surface area contributed by atoms with Gasteiger partial charge in [0.1, 0.15) is 0 Å². The number of hydrogen-bond acceptors (Lipinski definition) is 3. The first-order chi connectivity index (χ1) is 11.1. The molecule has 7 heteroatoms. The minimum Gasteiger partial charge on any atom is -0.361 e. The Morgan fingerprint density at radius 1 is 1.17 bits per heavy atom. The van der Waals surface area contributed by atoms with Gasteiger partial charge in [0.25, 0.3) is 5.56 Å². The van der Waals surface area contributed by atoms with Gasteiger partial charge in [0.05, 0.1) is 0 Å². The highest BCUT2D eigenvalue weighted by Crippen LogP contribution is 2.19. The summed E-state index contributed by atoms with van der Waals surface area (Å²) in [6.07, 6.45) is 4.89. The quantitative estimate of drug-likeness (QED) is 0.658. The van der Waals surface area contributed by atoms with E-state index in [9.17, 15) is 14.4 Å². The van der Waals surface area contributed by atoms with Crippen LogP contribution >= 0.6 is 0 Å². The van der Waals surface area contributed by atoms with Crippen LogP contribution in [0.3, 0.4) is 0 Å². The van der Waals surface area contributed by atoms with Crippen LogP contribution in [0.2, 0.25) is 0 Å². The maximum atomic E-state index is 11.9. The van der Waals surface area contributed by atoms with Gasteiger partial charge < -0.3 is 4.98 Å². The molecule has 7 nitrogen and oxygen atoms in total. The van der Waals surface area contributed by atoms with E-state index in [1.807, 2.05) is 30.5 Å². The van der Waals surface area contributed by atoms with Gasteiger partial charge in [0.2, 0.25) is 5.91 Å². The molecule has 3 rings (SSSR count). The Morgan fingerprint density at radius 2 is 2.00 bits per heavy atom. The number of hydrogen-bond donors (Lipinski definition) is 3. The van der Waals surface area contributed by atoms with Gasteiger partial charge in [-0.15, -0.1) is 0 Å². The normalized spacial score (nSPS) is 10.8. The molecule has 2 aromatic heterocycles. The predicted molar refractivity (Wildman–Crippen MR) is 86.9 cm³/mol. The Hall–Kier alpha value is -3.09. The first-order valence-corrected chi connectivity index (χ1v) is 7.30. The topological polar surface area (TPSA) is 99.8 Å². The molecule has 0 fully saturated rings. The Balaban J connectivity index is 1.57. The first kappa shape index (κ1) is 14.8. The summed E-state index contributed by atoms with van der Waals surface area (Å²) < 4.78 is 0.968. The summed E-state index contributed by atoms with van der Waals surface area (Å²) in [4.78, 5) is 39.6. The molecule has 0 saturated carbocycles. The number of aromatic amines is 2. The van der Waals surface area contributed by atoms with Crippen molar-refractivity contribution in [3.8, 4) is 0 Å². The molecule has 0 radical (unpaired) electrons. The highest BCUT2D eigenvalue weighted by Gasteiger charge is 2.06. The molecule has 0 aliphatic carbocycles. The molecule has 118 valence electrons. The fourth-order valence-corrected chi connectivity index (χ4v) is 2.47. The second-order valence-electron chi connectivity index (χ2n) is 5.23. The van der Waals surface area contributed by atoms with Crippen LogP contribution in [0.1, 0.15) is 18.4 Å². The Kier molecular flexibility index (Phi) is 4.09. The minimum absolute atomic E-state index is 0.279. The summed E-state index contributed by atoms with van der Waals surface area (Å²) in [5, 5.41) is 1.16. The van der Waals surface area contributed by atoms with Crippen molar-refractivity contribution in [2.75, 3.05) is 5.43 Å². The fraction of sp³-hybridized carbons (Fsp3) is 0.188. The summed E-state index contributed by atoms with van der Waals surface area (Å²) in [5.41, 5.74) is 3.51. The van der Waals surface area contributed by atoms with E-state index in [1.54, 1.807) is 0 Å². The van der Waals surface area contributed by atoms with Crippen molar-refractivity contribution < 1.29 is 4.79 Å². The van der Waals surface area contributed by atoms with Crippen molar-refractivity contribution in [2.24, 2.45) is 0 Å². The van der Waals surface area contributed by atoms with E-state index in [0.29, 0.717) is 6.42 Å². The van der Waals surface area contributed by atoms with Crippen LogP contribution in [-0.2, 0) is 11.2 Å². The Labute approximate surface area is 130 Å². The number of H-pyrrole nitrogens is 2. The summed E-state index contributed by atoms with van der Waals surface area (Å²) in [5.74, 6) is -0.279. The highest BCUT2D eigenvalue weighted by molar-refractivity contribution is 5.84. The number of para-hydroxylation sites is 1. The monoisotopic (exact) mass is 312 g/mol. The molecule has 0 aliphatic rings. The zero-order valence-corrected chi connectivity index (χ0v) is 12.3. The predicted octanol–water partition coefficient (Wildman–Crippen LogP) is 1.11. The number of rotatable bonds is 5. The minimum atomic E-state index is -0.664. The van der Waals surface area contributed by atoms with Crippen molar-refractivity contribution in [3.05, 3.63) is 69.1 Å². The second-order valence-corrected chi connectivity index (χ2v) is 5.23. The molecule has 1 amide bonds. The molecule has 0 saturated heterocycles. The van der Waals surface area contributed by atoms with Gasteiger partial charge in [0.15, 0.2) is 0 Å². The van der Waals surface area contributed by atoms with Gasteiger partial charge >= 0.3 is 5.69 Å². The van der Waals surface area contributed by atoms with Crippen LogP contribution in [0.15, 0.2) is 52.3 Å². The number of aryl methyl sites for hydroxylation is 1. The zero-order chi connectivity index (χ0) is 16.2. The van der Waals surface area contributed by atoms with Gasteiger partial charge in [0, 0.05) is 35.8 Å². The summed E-state index contributed by atoms with van der Waals surface area (Å²) in [6.45, 7) is 0. The lowest BCUT2D eigenvalue weighted by Crippen LogP contribution is -2.37. The van der Waals surface area contributed by atoms with Crippen molar-refractivity contribution >= 4 is 16.8 Å². The highest BCUT2D eigenvalue weighted by atomic mass is 16.2. The largest absolute Gasteiger partial charge is 0.361 e. The first-order valence-electron chi connectivity index (χ1n) is 7.30. The third kappa shape index (κ3) is 3.39. The maximum Gasteiger partial charge on any atom is 0.347 e. The molecular formula is C16H16N4O3. The number of carbonyl (C=O) groups is 1. The number of benzene rings is 1.